The van der Waals surface area contributed by atoms with Crippen LogP contribution in [0.2, 0.25) is 0 Å². The van der Waals surface area contributed by atoms with Gasteiger partial charge in [0.05, 0.1) is 0 Å². The molecule has 158 valence electrons. The zero-order valence-corrected chi connectivity index (χ0v) is 17.6. The minimum absolute atomic E-state index is 0.0589. The van der Waals surface area contributed by atoms with E-state index >= 15 is 0 Å². The molecular weight excluding hydrogens is 374 g/mol. The number of nitrogens with zero attached hydrogens (tertiary/aromatic N) is 1. The minimum Gasteiger partial charge on any atom is -0.335 e. The molecule has 0 spiro atoms. The lowest BCUT2D eigenvalue weighted by Crippen LogP contribution is -2.60. The van der Waals surface area contributed by atoms with E-state index in [4.69, 9.17) is 0 Å². The molecule has 30 heavy (non-hydrogen) atoms. The van der Waals surface area contributed by atoms with Crippen molar-refractivity contribution in [1.82, 2.24) is 15.8 Å². The van der Waals surface area contributed by atoms with E-state index < -0.39 is 0 Å². The van der Waals surface area contributed by atoms with Crippen LogP contribution in [0, 0.1) is 11.8 Å². The molecule has 2 aromatic carbocycles. The maximum atomic E-state index is 13.1. The Hall–Kier alpha value is -2.66. The van der Waals surface area contributed by atoms with Gasteiger partial charge >= 0.3 is 0 Å². The summed E-state index contributed by atoms with van der Waals surface area (Å²) in [5.74, 6) is 0.691. The van der Waals surface area contributed by atoms with Crippen molar-refractivity contribution in [3.63, 3.8) is 0 Å². The molecule has 2 fully saturated rings. The lowest BCUT2D eigenvalue weighted by atomic mass is 9.72. The molecule has 1 aliphatic heterocycles. The molecule has 2 amide bonds. The van der Waals surface area contributed by atoms with Crippen molar-refractivity contribution in [2.45, 2.75) is 51.6 Å². The third-order valence-corrected chi connectivity index (χ3v) is 6.57. The Morgan fingerprint density at radius 3 is 2.60 bits per heavy atom. The van der Waals surface area contributed by atoms with Gasteiger partial charge in [0.15, 0.2) is 0 Å². The fraction of sp³-hybridized carbons (Fsp3) is 0.440. The highest BCUT2D eigenvalue weighted by molar-refractivity contribution is 5.94. The largest absolute Gasteiger partial charge is 0.335 e. The number of hydrogen-bond acceptors (Lipinski definition) is 3. The van der Waals surface area contributed by atoms with Gasteiger partial charge in [-0.2, -0.15) is 0 Å². The van der Waals surface area contributed by atoms with Crippen LogP contribution in [0.15, 0.2) is 54.6 Å². The number of benzene rings is 2. The summed E-state index contributed by atoms with van der Waals surface area (Å²) in [7, 11) is 0. The molecule has 0 aromatic heterocycles. The molecule has 0 bridgehead atoms. The average Bonchev–Trinajstić information content (AvgIpc) is 2.80. The third-order valence-electron chi connectivity index (χ3n) is 6.57. The molecule has 5 heteroatoms. The molecule has 1 saturated heterocycles. The smallest absolute Gasteiger partial charge is 0.254 e. The predicted molar refractivity (Wildman–Crippen MR) is 118 cm³/mol. The van der Waals surface area contributed by atoms with Crippen molar-refractivity contribution < 1.29 is 9.59 Å². The van der Waals surface area contributed by atoms with Crippen molar-refractivity contribution in [3.05, 3.63) is 71.3 Å². The van der Waals surface area contributed by atoms with E-state index in [9.17, 15) is 9.59 Å². The first-order chi connectivity index (χ1) is 14.7. The van der Waals surface area contributed by atoms with Crippen molar-refractivity contribution in [2.24, 2.45) is 11.8 Å². The van der Waals surface area contributed by atoms with E-state index in [-0.39, 0.29) is 23.8 Å². The fourth-order valence-electron chi connectivity index (χ4n) is 4.93. The van der Waals surface area contributed by atoms with E-state index in [0.29, 0.717) is 19.0 Å². The Labute approximate surface area is 178 Å². The van der Waals surface area contributed by atoms with Gasteiger partial charge in [-0.25, -0.2) is 5.43 Å². The van der Waals surface area contributed by atoms with Gasteiger partial charge in [0.1, 0.15) is 0 Å². The fourth-order valence-corrected chi connectivity index (χ4v) is 4.93. The zero-order valence-electron chi connectivity index (χ0n) is 17.6. The highest BCUT2D eigenvalue weighted by Gasteiger charge is 2.39. The third kappa shape index (κ3) is 4.57. The maximum absolute atomic E-state index is 13.1. The molecule has 3 atom stereocenters. The number of rotatable bonds is 6. The number of hydrogen-bond donors (Lipinski definition) is 2. The summed E-state index contributed by atoms with van der Waals surface area (Å²) >= 11 is 0. The quantitative estimate of drug-likeness (QED) is 0.770. The second-order valence-electron chi connectivity index (χ2n) is 8.50. The van der Waals surface area contributed by atoms with Crippen LogP contribution < -0.4 is 10.9 Å². The number of carbonyl (C=O) groups is 2. The van der Waals surface area contributed by atoms with Crippen molar-refractivity contribution >= 4 is 11.8 Å². The van der Waals surface area contributed by atoms with Gasteiger partial charge < -0.3 is 4.90 Å². The highest BCUT2D eigenvalue weighted by Crippen LogP contribution is 2.35. The second-order valence-corrected chi connectivity index (χ2v) is 8.50. The van der Waals surface area contributed by atoms with Gasteiger partial charge in [0.25, 0.3) is 5.91 Å². The zero-order chi connectivity index (χ0) is 20.9. The summed E-state index contributed by atoms with van der Waals surface area (Å²) in [6.07, 6.45) is 5.22. The Kier molecular flexibility index (Phi) is 6.48. The van der Waals surface area contributed by atoms with E-state index in [1.54, 1.807) is 0 Å². The van der Waals surface area contributed by atoms with E-state index in [2.05, 4.69) is 29.1 Å². The molecular formula is C25H31N3O2. The Balaban J connectivity index is 1.46. The van der Waals surface area contributed by atoms with Crippen LogP contribution in [0.1, 0.15) is 54.1 Å². The monoisotopic (exact) mass is 405 g/mol. The maximum Gasteiger partial charge on any atom is 0.254 e. The number of hydrazine groups is 1. The summed E-state index contributed by atoms with van der Waals surface area (Å²) in [6, 6.07) is 18.3. The number of nitrogens with one attached hydrogen (secondary N) is 2. The van der Waals surface area contributed by atoms with Crippen LogP contribution in [0.5, 0.6) is 0 Å². The number of carbonyl (C=O) groups excluding carboxylic acids is 2. The molecule has 2 aromatic rings. The van der Waals surface area contributed by atoms with Crippen LogP contribution in [-0.4, -0.2) is 29.3 Å². The molecule has 0 radical (unpaired) electrons. The highest BCUT2D eigenvalue weighted by atomic mass is 16.2. The number of amides is 2. The van der Waals surface area contributed by atoms with Crippen LogP contribution in [0.25, 0.3) is 0 Å². The van der Waals surface area contributed by atoms with Gasteiger partial charge in [0.2, 0.25) is 5.91 Å². The van der Waals surface area contributed by atoms with Crippen LogP contribution in [0.4, 0.5) is 0 Å². The van der Waals surface area contributed by atoms with E-state index in [1.165, 1.54) is 6.42 Å². The Morgan fingerprint density at radius 1 is 1.03 bits per heavy atom. The first-order valence-corrected chi connectivity index (χ1v) is 11.1. The average molecular weight is 406 g/mol. The first kappa shape index (κ1) is 20.6. The van der Waals surface area contributed by atoms with E-state index in [1.807, 2.05) is 48.2 Å². The number of fused-ring (bicyclic) bond motifs is 1. The Morgan fingerprint density at radius 2 is 1.80 bits per heavy atom. The van der Waals surface area contributed by atoms with Gasteiger partial charge in [-0.15, -0.1) is 0 Å². The SMILES string of the molecule is CCN(Cc1ccccc1)C(=O)c1cccc(CC2NNC(=O)C3CCCCC23)c1. The van der Waals surface area contributed by atoms with Gasteiger partial charge in [-0.3, -0.25) is 15.0 Å². The molecule has 5 nitrogen and oxygen atoms in total. The molecule has 3 unspecified atom stereocenters. The topological polar surface area (TPSA) is 61.4 Å². The molecule has 1 aliphatic carbocycles. The molecule has 1 saturated carbocycles. The van der Waals surface area contributed by atoms with E-state index in [0.717, 1.165) is 42.4 Å². The summed E-state index contributed by atoms with van der Waals surface area (Å²) < 4.78 is 0. The van der Waals surface area contributed by atoms with Crippen molar-refractivity contribution in [1.29, 1.82) is 0 Å². The van der Waals surface area contributed by atoms with Crippen molar-refractivity contribution in [2.75, 3.05) is 6.54 Å². The lowest BCUT2D eigenvalue weighted by Gasteiger charge is -2.41. The van der Waals surface area contributed by atoms with Crippen LogP contribution >= 0.6 is 0 Å². The molecule has 4 rings (SSSR count). The van der Waals surface area contributed by atoms with Gasteiger partial charge in [-0.05, 0) is 55.4 Å². The summed E-state index contributed by atoms with van der Waals surface area (Å²) in [5.41, 5.74) is 9.11. The molecule has 2 aliphatic rings. The first-order valence-electron chi connectivity index (χ1n) is 11.1. The lowest BCUT2D eigenvalue weighted by molar-refractivity contribution is -0.133. The summed E-state index contributed by atoms with van der Waals surface area (Å²) in [5, 5.41) is 0. The summed E-state index contributed by atoms with van der Waals surface area (Å²) in [6.45, 7) is 3.29. The molecule has 2 N–H and O–H groups in total. The van der Waals surface area contributed by atoms with Crippen LogP contribution in [0.3, 0.4) is 0 Å². The Bertz CT molecular complexity index is 883. The standard InChI is InChI=1S/C25H31N3O2/c1-2-28(17-18-9-4-3-5-10-18)25(30)20-12-8-11-19(15-20)16-23-21-13-6-7-14-22(21)24(29)27-26-23/h3-5,8-12,15,21-23,26H,2,6-7,13-14,16-17H2,1H3,(H,27,29). The van der Waals surface area contributed by atoms with Crippen LogP contribution in [-0.2, 0) is 17.8 Å². The molecule has 1 heterocycles. The predicted octanol–water partition coefficient (Wildman–Crippen LogP) is 3.70. The normalized spacial score (nSPS) is 23.4. The van der Waals surface area contributed by atoms with Gasteiger partial charge in [-0.1, -0.05) is 55.3 Å². The minimum atomic E-state index is 0.0589. The second kappa shape index (κ2) is 9.43. The van der Waals surface area contributed by atoms with Gasteiger partial charge in [0, 0.05) is 30.6 Å². The summed E-state index contributed by atoms with van der Waals surface area (Å²) in [4.78, 5) is 27.2. The van der Waals surface area contributed by atoms with Crippen molar-refractivity contribution in [3.8, 4) is 0 Å².